The number of amides is 1. The monoisotopic (exact) mass is 297 g/mol. The van der Waals surface area contributed by atoms with Gasteiger partial charge in [-0.25, -0.2) is 0 Å². The van der Waals surface area contributed by atoms with E-state index in [9.17, 15) is 4.79 Å². The van der Waals surface area contributed by atoms with E-state index in [4.69, 9.17) is 0 Å². The second-order valence-corrected chi connectivity index (χ2v) is 6.41. The topological polar surface area (TPSA) is 20.3 Å². The van der Waals surface area contributed by atoms with E-state index in [-0.39, 0.29) is 11.9 Å². The predicted octanol–water partition coefficient (Wildman–Crippen LogP) is 3.90. The number of thioether (sulfide) groups is 1. The van der Waals surface area contributed by atoms with Crippen molar-refractivity contribution in [3.8, 4) is 0 Å². The number of benzene rings is 2. The van der Waals surface area contributed by atoms with Crippen molar-refractivity contribution in [1.82, 2.24) is 0 Å². The molecule has 0 aromatic heterocycles. The molecule has 108 valence electrons. The highest BCUT2D eigenvalue weighted by molar-refractivity contribution is 7.99. The number of nitrogens with zero attached hydrogens (tertiary/aromatic N) is 1. The Balaban J connectivity index is 1.61. The minimum atomic E-state index is 0.216. The first-order valence-corrected chi connectivity index (χ1v) is 8.43. The molecule has 1 amide bonds. The van der Waals surface area contributed by atoms with Crippen molar-refractivity contribution in [2.45, 2.75) is 25.1 Å². The van der Waals surface area contributed by atoms with Gasteiger partial charge in [0.2, 0.25) is 5.91 Å². The van der Waals surface area contributed by atoms with Gasteiger partial charge in [0.1, 0.15) is 0 Å². The summed E-state index contributed by atoms with van der Waals surface area (Å²) in [6, 6.07) is 18.8. The number of hydrogen-bond acceptors (Lipinski definition) is 2. The molecule has 0 saturated carbocycles. The normalized spacial score (nSPS) is 16.8. The summed E-state index contributed by atoms with van der Waals surface area (Å²) >= 11 is 1.69. The van der Waals surface area contributed by atoms with Gasteiger partial charge in [-0.05, 0) is 30.5 Å². The molecule has 0 radical (unpaired) electrons. The van der Waals surface area contributed by atoms with E-state index >= 15 is 0 Å². The lowest BCUT2D eigenvalue weighted by Gasteiger charge is -2.22. The molecule has 1 aliphatic heterocycles. The van der Waals surface area contributed by atoms with Gasteiger partial charge in [-0.15, -0.1) is 11.8 Å². The number of para-hydroxylation sites is 1. The second kappa shape index (κ2) is 6.35. The Labute approximate surface area is 130 Å². The summed E-state index contributed by atoms with van der Waals surface area (Å²) in [5, 5.41) is 0. The Bertz CT molecular complexity index is 626. The average Bonchev–Trinajstić information content (AvgIpc) is 2.84. The van der Waals surface area contributed by atoms with Gasteiger partial charge >= 0.3 is 0 Å². The molecule has 3 rings (SSSR count). The molecule has 2 aromatic carbocycles. The zero-order valence-corrected chi connectivity index (χ0v) is 13.0. The number of carbonyl (C=O) groups excluding carboxylic acids is 1. The van der Waals surface area contributed by atoms with Crippen LogP contribution >= 0.6 is 11.8 Å². The molecule has 1 aliphatic rings. The molecule has 3 heteroatoms. The molecule has 0 aliphatic carbocycles. The fourth-order valence-electron chi connectivity index (χ4n) is 2.85. The van der Waals surface area contributed by atoms with Gasteiger partial charge in [0.15, 0.2) is 0 Å². The molecule has 0 fully saturated rings. The Morgan fingerprint density at radius 2 is 1.86 bits per heavy atom. The van der Waals surface area contributed by atoms with Crippen molar-refractivity contribution in [3.05, 3.63) is 65.7 Å². The first-order chi connectivity index (χ1) is 10.3. The predicted molar refractivity (Wildman–Crippen MR) is 89.7 cm³/mol. The van der Waals surface area contributed by atoms with E-state index in [1.165, 1.54) is 11.1 Å². The van der Waals surface area contributed by atoms with Crippen LogP contribution in [0.5, 0.6) is 0 Å². The fourth-order valence-corrected chi connectivity index (χ4v) is 3.69. The maximum Gasteiger partial charge on any atom is 0.237 e. The number of fused-ring (bicyclic) bond motifs is 1. The van der Waals surface area contributed by atoms with Crippen molar-refractivity contribution in [2.24, 2.45) is 0 Å². The van der Waals surface area contributed by atoms with Gasteiger partial charge in [0.05, 0.1) is 5.75 Å². The van der Waals surface area contributed by atoms with E-state index in [0.717, 1.165) is 17.9 Å². The number of anilines is 1. The van der Waals surface area contributed by atoms with Crippen molar-refractivity contribution in [2.75, 3.05) is 10.7 Å². The van der Waals surface area contributed by atoms with Crippen LogP contribution in [0.4, 0.5) is 5.69 Å². The van der Waals surface area contributed by atoms with Gasteiger partial charge in [0.25, 0.3) is 0 Å². The molecule has 0 spiro atoms. The minimum absolute atomic E-state index is 0.216. The summed E-state index contributed by atoms with van der Waals surface area (Å²) in [5.41, 5.74) is 3.65. The minimum Gasteiger partial charge on any atom is -0.308 e. The van der Waals surface area contributed by atoms with Crippen LogP contribution in [0.3, 0.4) is 0 Å². The number of hydrogen-bond donors (Lipinski definition) is 0. The van der Waals surface area contributed by atoms with Crippen LogP contribution in [0.1, 0.15) is 18.1 Å². The molecule has 2 aromatic rings. The Morgan fingerprint density at radius 1 is 1.14 bits per heavy atom. The van der Waals surface area contributed by atoms with Crippen LogP contribution in [0.2, 0.25) is 0 Å². The lowest BCUT2D eigenvalue weighted by atomic mass is 10.1. The lowest BCUT2D eigenvalue weighted by molar-refractivity contribution is -0.116. The van der Waals surface area contributed by atoms with Crippen molar-refractivity contribution in [1.29, 1.82) is 0 Å². The quantitative estimate of drug-likeness (QED) is 0.853. The molecule has 0 N–H and O–H groups in total. The van der Waals surface area contributed by atoms with Gasteiger partial charge in [0, 0.05) is 17.5 Å². The van der Waals surface area contributed by atoms with Gasteiger partial charge in [-0.1, -0.05) is 48.5 Å². The van der Waals surface area contributed by atoms with Crippen molar-refractivity contribution >= 4 is 23.4 Å². The molecule has 1 heterocycles. The standard InChI is InChI=1S/C18H19NOS/c1-14-11-16-9-5-6-10-17(16)19(14)18(20)13-21-12-15-7-3-2-4-8-15/h2-10,14H,11-13H2,1H3. The van der Waals surface area contributed by atoms with E-state index in [2.05, 4.69) is 31.2 Å². The fraction of sp³-hybridized carbons (Fsp3) is 0.278. The summed E-state index contributed by atoms with van der Waals surface area (Å²) in [4.78, 5) is 14.5. The molecular formula is C18H19NOS. The van der Waals surface area contributed by atoms with Crippen molar-refractivity contribution in [3.63, 3.8) is 0 Å². The van der Waals surface area contributed by atoms with E-state index < -0.39 is 0 Å². The molecule has 1 atom stereocenters. The zero-order chi connectivity index (χ0) is 14.7. The van der Waals surface area contributed by atoms with Crippen molar-refractivity contribution < 1.29 is 4.79 Å². The maximum absolute atomic E-state index is 12.5. The van der Waals surface area contributed by atoms with E-state index in [1.54, 1.807) is 11.8 Å². The summed E-state index contributed by atoms with van der Waals surface area (Å²) in [5.74, 6) is 1.64. The molecular weight excluding hydrogens is 278 g/mol. The van der Waals surface area contributed by atoms with Crippen LogP contribution in [0, 0.1) is 0 Å². The highest BCUT2D eigenvalue weighted by Crippen LogP contribution is 2.32. The van der Waals surface area contributed by atoms with Gasteiger partial charge in [-0.2, -0.15) is 0 Å². The van der Waals surface area contributed by atoms with Crippen LogP contribution in [-0.4, -0.2) is 17.7 Å². The van der Waals surface area contributed by atoms with E-state index in [0.29, 0.717) is 5.75 Å². The summed E-state index contributed by atoms with van der Waals surface area (Å²) < 4.78 is 0. The number of carbonyl (C=O) groups is 1. The zero-order valence-electron chi connectivity index (χ0n) is 12.2. The molecule has 0 bridgehead atoms. The first kappa shape index (κ1) is 14.2. The van der Waals surface area contributed by atoms with Crippen LogP contribution < -0.4 is 4.90 Å². The second-order valence-electron chi connectivity index (χ2n) is 5.42. The smallest absolute Gasteiger partial charge is 0.237 e. The Kier molecular flexibility index (Phi) is 4.30. The first-order valence-electron chi connectivity index (χ1n) is 7.27. The third-order valence-corrected chi connectivity index (χ3v) is 4.80. The van der Waals surface area contributed by atoms with Crippen LogP contribution in [0.25, 0.3) is 0 Å². The van der Waals surface area contributed by atoms with Gasteiger partial charge < -0.3 is 4.90 Å². The average molecular weight is 297 g/mol. The Hall–Kier alpha value is -1.74. The van der Waals surface area contributed by atoms with E-state index in [1.807, 2.05) is 35.2 Å². The third-order valence-electron chi connectivity index (χ3n) is 3.81. The summed E-state index contributed by atoms with van der Waals surface area (Å²) in [6.45, 7) is 2.12. The lowest BCUT2D eigenvalue weighted by Crippen LogP contribution is -2.37. The highest BCUT2D eigenvalue weighted by Gasteiger charge is 2.29. The van der Waals surface area contributed by atoms with Gasteiger partial charge in [-0.3, -0.25) is 4.79 Å². The molecule has 21 heavy (non-hydrogen) atoms. The van der Waals surface area contributed by atoms with Crippen LogP contribution in [0.15, 0.2) is 54.6 Å². The summed E-state index contributed by atoms with van der Waals surface area (Å²) in [6.07, 6.45) is 0.964. The molecule has 0 saturated heterocycles. The van der Waals surface area contributed by atoms with Crippen LogP contribution in [-0.2, 0) is 17.0 Å². The Morgan fingerprint density at radius 3 is 2.67 bits per heavy atom. The SMILES string of the molecule is CC1Cc2ccccc2N1C(=O)CSCc1ccccc1. The maximum atomic E-state index is 12.5. The molecule has 1 unspecified atom stereocenters. The third kappa shape index (κ3) is 3.13. The number of rotatable bonds is 4. The molecule has 2 nitrogen and oxygen atoms in total. The highest BCUT2D eigenvalue weighted by atomic mass is 32.2. The largest absolute Gasteiger partial charge is 0.308 e. The summed E-state index contributed by atoms with van der Waals surface area (Å²) in [7, 11) is 0.